The summed E-state index contributed by atoms with van der Waals surface area (Å²) in [4.78, 5) is 19.8. The number of hydrogen-bond donors (Lipinski definition) is 1. The lowest BCUT2D eigenvalue weighted by atomic mass is 10.00. The third-order valence-corrected chi connectivity index (χ3v) is 6.21. The average molecular weight is 537 g/mol. The van der Waals surface area contributed by atoms with Gasteiger partial charge in [0.1, 0.15) is 0 Å². The van der Waals surface area contributed by atoms with Gasteiger partial charge in [-0.1, -0.05) is 23.4 Å². The maximum atomic E-state index is 10.9. The van der Waals surface area contributed by atoms with Gasteiger partial charge < -0.3 is 19.3 Å². The molecule has 0 aliphatic carbocycles. The molecule has 1 fully saturated rings. The number of rotatable bonds is 9. The molecule has 2 heterocycles. The van der Waals surface area contributed by atoms with Gasteiger partial charge >= 0.3 is 5.97 Å². The lowest BCUT2D eigenvalue weighted by Gasteiger charge is -2.36. The third kappa shape index (κ3) is 7.20. The lowest BCUT2D eigenvalue weighted by molar-refractivity contribution is -0.138. The topological polar surface area (TPSA) is 91.9 Å². The first-order valence-corrected chi connectivity index (χ1v) is 11.7. The molecule has 0 saturated carbocycles. The van der Waals surface area contributed by atoms with E-state index in [0.29, 0.717) is 30.9 Å². The number of carboxylic acids is 1. The second-order valence-electron chi connectivity index (χ2n) is 9.00. The van der Waals surface area contributed by atoms with Crippen molar-refractivity contribution in [2.45, 2.75) is 45.4 Å². The Balaban J connectivity index is 0.00000228. The molecule has 4 rings (SSSR count). The number of nitrogens with zero attached hydrogens (tertiary/aromatic N) is 4. The number of carbonyl (C=O) groups is 1. The first-order chi connectivity index (χ1) is 16.4. The van der Waals surface area contributed by atoms with Crippen molar-refractivity contribution in [2.24, 2.45) is 0 Å². The van der Waals surface area contributed by atoms with Gasteiger partial charge in [0.25, 0.3) is 5.89 Å². The number of aromatic nitrogens is 2. The highest BCUT2D eigenvalue weighted by Crippen LogP contribution is 2.32. The molecule has 1 aliphatic heterocycles. The molecule has 0 spiro atoms. The molecule has 8 nitrogen and oxygen atoms in total. The highest BCUT2D eigenvalue weighted by Gasteiger charge is 2.22. The molecular weight excluding hydrogens is 503 g/mol. The Labute approximate surface area is 224 Å². The Morgan fingerprint density at radius 1 is 1.19 bits per heavy atom. The van der Waals surface area contributed by atoms with Crippen molar-refractivity contribution in [2.75, 3.05) is 32.1 Å². The van der Waals surface area contributed by atoms with Crippen LogP contribution in [0.4, 0.5) is 5.69 Å². The van der Waals surface area contributed by atoms with E-state index in [9.17, 15) is 4.79 Å². The van der Waals surface area contributed by atoms with E-state index < -0.39 is 5.97 Å². The standard InChI is InChI=1S/C26H32N4O4.2ClH/c1-18-7-4-5-12-30(18)23-11-10-21(14-22(23)17-33-3)26-27-25(28-34-26)20-9-6-8-19(13-20)15-29(2)16-24(31)32;;/h6,8-11,13-14,18H,4-5,7,12,15-17H2,1-3H3,(H,31,32);2*1H. The molecule has 1 aliphatic rings. The summed E-state index contributed by atoms with van der Waals surface area (Å²) >= 11 is 0. The Hall–Kier alpha value is -2.65. The van der Waals surface area contributed by atoms with Crippen molar-refractivity contribution in [3.63, 3.8) is 0 Å². The predicted octanol–water partition coefficient (Wildman–Crippen LogP) is 5.29. The number of piperidine rings is 1. The number of aliphatic carboxylic acids is 1. The SMILES string of the molecule is COCc1cc(-c2nc(-c3cccc(CN(C)CC(=O)O)c3)no2)ccc1N1CCCCC1C.Cl.Cl. The molecule has 196 valence electrons. The molecule has 0 amide bonds. The smallest absolute Gasteiger partial charge is 0.317 e. The summed E-state index contributed by atoms with van der Waals surface area (Å²) in [6.45, 7) is 4.34. The van der Waals surface area contributed by atoms with Gasteiger partial charge in [0.2, 0.25) is 5.82 Å². The molecule has 1 atom stereocenters. The summed E-state index contributed by atoms with van der Waals surface area (Å²) in [5, 5.41) is 13.2. The summed E-state index contributed by atoms with van der Waals surface area (Å²) in [5.41, 5.74) is 4.98. The van der Waals surface area contributed by atoms with Crippen LogP contribution in [0, 0.1) is 0 Å². The molecule has 1 aromatic heterocycles. The fourth-order valence-corrected chi connectivity index (χ4v) is 4.59. The van der Waals surface area contributed by atoms with Gasteiger partial charge in [-0.25, -0.2) is 0 Å². The Kier molecular flexibility index (Phi) is 11.2. The fraction of sp³-hybridized carbons (Fsp3) is 0.423. The van der Waals surface area contributed by atoms with Crippen LogP contribution in [0.25, 0.3) is 22.8 Å². The Morgan fingerprint density at radius 2 is 2.00 bits per heavy atom. The quantitative estimate of drug-likeness (QED) is 0.394. The van der Waals surface area contributed by atoms with Gasteiger partial charge in [0.05, 0.1) is 13.2 Å². The fourth-order valence-electron chi connectivity index (χ4n) is 4.59. The molecule has 3 aromatic rings. The zero-order chi connectivity index (χ0) is 24.1. The van der Waals surface area contributed by atoms with E-state index in [1.165, 1.54) is 24.9 Å². The van der Waals surface area contributed by atoms with Gasteiger partial charge in [-0.05, 0) is 63.1 Å². The van der Waals surface area contributed by atoms with E-state index in [2.05, 4.69) is 34.1 Å². The van der Waals surface area contributed by atoms with Gasteiger partial charge in [-0.15, -0.1) is 24.8 Å². The highest BCUT2D eigenvalue weighted by atomic mass is 35.5. The van der Waals surface area contributed by atoms with E-state index in [1.54, 1.807) is 19.1 Å². The second kappa shape index (κ2) is 13.6. The minimum atomic E-state index is -0.852. The Morgan fingerprint density at radius 3 is 2.72 bits per heavy atom. The monoisotopic (exact) mass is 536 g/mol. The molecule has 1 N–H and O–H groups in total. The van der Waals surface area contributed by atoms with Crippen LogP contribution in [0.1, 0.15) is 37.3 Å². The van der Waals surface area contributed by atoms with Gasteiger partial charge in [-0.2, -0.15) is 4.98 Å². The number of hydrogen-bond acceptors (Lipinski definition) is 7. The highest BCUT2D eigenvalue weighted by molar-refractivity contribution is 5.85. The number of benzene rings is 2. The number of ether oxygens (including phenoxy) is 1. The van der Waals surface area contributed by atoms with E-state index in [-0.39, 0.29) is 31.4 Å². The maximum Gasteiger partial charge on any atom is 0.317 e. The molecule has 1 unspecified atom stereocenters. The van der Waals surface area contributed by atoms with Crippen molar-refractivity contribution >= 4 is 36.5 Å². The maximum absolute atomic E-state index is 10.9. The van der Waals surface area contributed by atoms with Crippen LogP contribution in [-0.2, 0) is 22.7 Å². The van der Waals surface area contributed by atoms with E-state index in [4.69, 9.17) is 14.4 Å². The van der Waals surface area contributed by atoms with Crippen molar-refractivity contribution in [1.29, 1.82) is 0 Å². The van der Waals surface area contributed by atoms with Crippen molar-refractivity contribution in [3.8, 4) is 22.8 Å². The molecule has 1 saturated heterocycles. The molecule has 0 bridgehead atoms. The molecule has 2 aromatic carbocycles. The van der Waals surface area contributed by atoms with Crippen molar-refractivity contribution < 1.29 is 19.2 Å². The van der Waals surface area contributed by atoms with E-state index in [0.717, 1.165) is 28.8 Å². The van der Waals surface area contributed by atoms with Crippen molar-refractivity contribution in [1.82, 2.24) is 15.0 Å². The van der Waals surface area contributed by atoms with Gasteiger partial charge in [-0.3, -0.25) is 9.69 Å². The third-order valence-electron chi connectivity index (χ3n) is 6.21. The summed E-state index contributed by atoms with van der Waals surface area (Å²) in [5.74, 6) is 0.105. The van der Waals surface area contributed by atoms with Crippen LogP contribution >= 0.6 is 24.8 Å². The molecule has 0 radical (unpaired) electrons. The zero-order valence-electron chi connectivity index (χ0n) is 20.8. The normalized spacial score (nSPS) is 15.3. The molecular formula is C26H34Cl2N4O4. The number of methoxy groups -OCH3 is 1. The summed E-state index contributed by atoms with van der Waals surface area (Å²) in [6.07, 6.45) is 3.68. The average Bonchev–Trinajstić information content (AvgIpc) is 3.30. The number of carboxylic acid groups (broad SMARTS) is 1. The summed E-state index contributed by atoms with van der Waals surface area (Å²) in [6, 6.07) is 14.5. The lowest BCUT2D eigenvalue weighted by Crippen LogP contribution is -2.38. The Bertz CT molecular complexity index is 1140. The second-order valence-corrected chi connectivity index (χ2v) is 9.00. The van der Waals surface area contributed by atoms with Gasteiger partial charge in [0, 0.05) is 48.6 Å². The number of anilines is 1. The summed E-state index contributed by atoms with van der Waals surface area (Å²) < 4.78 is 11.1. The van der Waals surface area contributed by atoms with Crippen LogP contribution in [-0.4, -0.2) is 59.4 Å². The van der Waals surface area contributed by atoms with Crippen LogP contribution in [0.3, 0.4) is 0 Å². The zero-order valence-corrected chi connectivity index (χ0v) is 22.5. The van der Waals surface area contributed by atoms with E-state index >= 15 is 0 Å². The van der Waals surface area contributed by atoms with Crippen LogP contribution < -0.4 is 4.90 Å². The van der Waals surface area contributed by atoms with E-state index in [1.807, 2.05) is 30.3 Å². The summed E-state index contributed by atoms with van der Waals surface area (Å²) in [7, 11) is 3.49. The first-order valence-electron chi connectivity index (χ1n) is 11.7. The largest absolute Gasteiger partial charge is 0.480 e. The van der Waals surface area contributed by atoms with Crippen LogP contribution in [0.5, 0.6) is 0 Å². The van der Waals surface area contributed by atoms with Crippen molar-refractivity contribution in [3.05, 3.63) is 53.6 Å². The van der Waals surface area contributed by atoms with Gasteiger partial charge in [0.15, 0.2) is 0 Å². The van der Waals surface area contributed by atoms with Crippen LogP contribution in [0.15, 0.2) is 47.0 Å². The number of likely N-dealkylation sites (N-methyl/N-ethyl adjacent to an activating group) is 1. The minimum absolute atomic E-state index is 0. The predicted molar refractivity (Wildman–Crippen MR) is 145 cm³/mol. The van der Waals surface area contributed by atoms with Crippen LogP contribution in [0.2, 0.25) is 0 Å². The first kappa shape index (κ1) is 29.6. The molecule has 36 heavy (non-hydrogen) atoms. The minimum Gasteiger partial charge on any atom is -0.480 e. The molecule has 10 heteroatoms. The number of halogens is 2.